The SMILES string of the molecule is CCC[CH2][Sn]([CH2]CCC)([C](=O)CCC)[C](=O)CCC. The Hall–Kier alpha value is 0.139. The van der Waals surface area contributed by atoms with Crippen molar-refractivity contribution >= 4 is 26.0 Å². The van der Waals surface area contributed by atoms with Crippen molar-refractivity contribution in [3.63, 3.8) is 0 Å². The second-order valence-corrected chi connectivity index (χ2v) is 17.8. The van der Waals surface area contributed by atoms with E-state index in [4.69, 9.17) is 0 Å². The Bertz CT molecular complexity index is 246. The molecule has 0 saturated carbocycles. The normalized spacial score (nSPS) is 11.6. The van der Waals surface area contributed by atoms with E-state index in [0.29, 0.717) is 20.4 Å². The van der Waals surface area contributed by atoms with Crippen LogP contribution in [0.15, 0.2) is 0 Å². The molecular formula is C16H32O2Sn. The number of unbranched alkanes of at least 4 members (excludes halogenated alkanes) is 2. The predicted molar refractivity (Wildman–Crippen MR) is 85.0 cm³/mol. The van der Waals surface area contributed by atoms with Crippen LogP contribution in [0.2, 0.25) is 8.87 Å². The molecule has 0 atom stereocenters. The van der Waals surface area contributed by atoms with Gasteiger partial charge in [-0.05, 0) is 0 Å². The van der Waals surface area contributed by atoms with Crippen LogP contribution in [0.1, 0.15) is 79.1 Å². The fourth-order valence-electron chi connectivity index (χ4n) is 2.73. The zero-order chi connectivity index (χ0) is 14.7. The molecule has 2 nitrogen and oxygen atoms in total. The van der Waals surface area contributed by atoms with Gasteiger partial charge in [-0.2, -0.15) is 0 Å². The Balaban J connectivity index is 5.16. The van der Waals surface area contributed by atoms with Gasteiger partial charge in [-0.25, -0.2) is 0 Å². The third-order valence-electron chi connectivity index (χ3n) is 3.94. The van der Waals surface area contributed by atoms with Gasteiger partial charge in [0.25, 0.3) is 0 Å². The van der Waals surface area contributed by atoms with Crippen molar-refractivity contribution in [2.45, 2.75) is 87.9 Å². The summed E-state index contributed by atoms with van der Waals surface area (Å²) in [6.07, 6.45) is 7.45. The summed E-state index contributed by atoms with van der Waals surface area (Å²) in [5, 5.41) is 0. The van der Waals surface area contributed by atoms with Gasteiger partial charge < -0.3 is 0 Å². The Morgan fingerprint density at radius 3 is 1.32 bits per heavy atom. The number of hydrogen-bond donors (Lipinski definition) is 0. The molecule has 0 aliphatic rings. The first-order valence-corrected chi connectivity index (χ1v) is 15.0. The van der Waals surface area contributed by atoms with Crippen LogP contribution in [0.3, 0.4) is 0 Å². The topological polar surface area (TPSA) is 34.1 Å². The van der Waals surface area contributed by atoms with Crippen LogP contribution >= 0.6 is 0 Å². The maximum atomic E-state index is 12.7. The fourth-order valence-corrected chi connectivity index (χ4v) is 17.1. The second kappa shape index (κ2) is 10.9. The van der Waals surface area contributed by atoms with E-state index in [2.05, 4.69) is 27.7 Å². The molecule has 0 aliphatic carbocycles. The van der Waals surface area contributed by atoms with Gasteiger partial charge in [0.05, 0.1) is 0 Å². The zero-order valence-corrected chi connectivity index (χ0v) is 16.2. The average molecular weight is 375 g/mol. The van der Waals surface area contributed by atoms with Crippen molar-refractivity contribution in [1.29, 1.82) is 0 Å². The zero-order valence-electron chi connectivity index (χ0n) is 13.4. The van der Waals surface area contributed by atoms with Crippen molar-refractivity contribution in [3.8, 4) is 0 Å². The first-order valence-electron chi connectivity index (χ1n) is 8.15. The third kappa shape index (κ3) is 5.97. The minimum absolute atomic E-state index is 0.414. The molecular weight excluding hydrogens is 343 g/mol. The van der Waals surface area contributed by atoms with Gasteiger partial charge in [0.2, 0.25) is 0 Å². The summed E-state index contributed by atoms with van der Waals surface area (Å²) in [4.78, 5) is 25.3. The van der Waals surface area contributed by atoms with E-state index in [1.807, 2.05) is 0 Å². The molecule has 0 radical (unpaired) electrons. The molecule has 0 aromatic heterocycles. The van der Waals surface area contributed by atoms with Crippen LogP contribution in [0.5, 0.6) is 0 Å². The summed E-state index contributed by atoms with van der Waals surface area (Å²) >= 11 is -3.24. The van der Waals surface area contributed by atoms with E-state index in [9.17, 15) is 9.59 Å². The third-order valence-corrected chi connectivity index (χ3v) is 18.3. The standard InChI is InChI=1S/2C4H7O.2C4H9.Sn/c2*1-2-3-4-5;2*1-3-4-2;/h2*2-3H2,1H3;2*1,3-4H2,2H3;. The van der Waals surface area contributed by atoms with Crippen LogP contribution in [0, 0.1) is 0 Å². The molecule has 0 saturated heterocycles. The molecule has 0 fully saturated rings. The Labute approximate surface area is 123 Å². The molecule has 19 heavy (non-hydrogen) atoms. The van der Waals surface area contributed by atoms with Gasteiger partial charge in [-0.15, -0.1) is 0 Å². The van der Waals surface area contributed by atoms with Gasteiger partial charge in [-0.3, -0.25) is 0 Å². The summed E-state index contributed by atoms with van der Waals surface area (Å²) in [6.45, 7) is 8.42. The molecule has 0 N–H and O–H groups in total. The van der Waals surface area contributed by atoms with Gasteiger partial charge in [0, 0.05) is 0 Å². The fraction of sp³-hybridized carbons (Fsp3) is 0.875. The Morgan fingerprint density at radius 2 is 1.05 bits per heavy atom. The van der Waals surface area contributed by atoms with Crippen molar-refractivity contribution < 1.29 is 9.59 Å². The summed E-state index contributed by atoms with van der Waals surface area (Å²) in [6, 6.07) is 0. The van der Waals surface area contributed by atoms with Gasteiger partial charge in [0.1, 0.15) is 0 Å². The summed E-state index contributed by atoms with van der Waals surface area (Å²) < 4.78 is 2.78. The molecule has 3 heteroatoms. The summed E-state index contributed by atoms with van der Waals surface area (Å²) in [7, 11) is 0. The van der Waals surface area contributed by atoms with E-state index in [0.717, 1.165) is 47.4 Å². The molecule has 112 valence electrons. The van der Waals surface area contributed by atoms with Crippen molar-refractivity contribution in [3.05, 3.63) is 0 Å². The molecule has 0 spiro atoms. The van der Waals surface area contributed by atoms with Crippen molar-refractivity contribution in [2.75, 3.05) is 0 Å². The Kier molecular flexibility index (Phi) is 11.0. The van der Waals surface area contributed by atoms with Crippen LogP contribution in [0.25, 0.3) is 0 Å². The monoisotopic (exact) mass is 376 g/mol. The maximum absolute atomic E-state index is 12.7. The number of carbonyl (C=O) groups is 2. The molecule has 0 aromatic carbocycles. The van der Waals surface area contributed by atoms with E-state index >= 15 is 0 Å². The average Bonchev–Trinajstić information content (AvgIpc) is 2.40. The van der Waals surface area contributed by atoms with E-state index in [-0.39, 0.29) is 0 Å². The van der Waals surface area contributed by atoms with E-state index < -0.39 is 18.4 Å². The van der Waals surface area contributed by atoms with Gasteiger partial charge in [-0.1, -0.05) is 0 Å². The molecule has 0 aromatic rings. The van der Waals surface area contributed by atoms with Gasteiger partial charge in [0.15, 0.2) is 0 Å². The van der Waals surface area contributed by atoms with E-state index in [1.54, 1.807) is 0 Å². The molecule has 0 amide bonds. The van der Waals surface area contributed by atoms with Crippen molar-refractivity contribution in [2.24, 2.45) is 0 Å². The summed E-state index contributed by atoms with van der Waals surface area (Å²) in [5.74, 6) is 0. The van der Waals surface area contributed by atoms with Crippen LogP contribution < -0.4 is 0 Å². The first-order chi connectivity index (χ1) is 9.08. The quantitative estimate of drug-likeness (QED) is 0.457. The predicted octanol–water partition coefficient (Wildman–Crippen LogP) is 4.85. The molecule has 0 aliphatic heterocycles. The number of hydrogen-bond acceptors (Lipinski definition) is 2. The van der Waals surface area contributed by atoms with Crippen LogP contribution in [-0.4, -0.2) is 26.0 Å². The molecule has 0 rings (SSSR count). The summed E-state index contributed by atoms with van der Waals surface area (Å²) in [5.41, 5.74) is 0. The number of carbonyl (C=O) groups excluding carboxylic acids is 2. The number of rotatable bonds is 12. The Morgan fingerprint density at radius 1 is 0.684 bits per heavy atom. The first kappa shape index (κ1) is 19.1. The van der Waals surface area contributed by atoms with Crippen molar-refractivity contribution in [1.82, 2.24) is 0 Å². The van der Waals surface area contributed by atoms with Gasteiger partial charge >= 0.3 is 123 Å². The van der Waals surface area contributed by atoms with Crippen LogP contribution in [0.4, 0.5) is 0 Å². The molecule has 0 bridgehead atoms. The van der Waals surface area contributed by atoms with E-state index in [1.165, 1.54) is 0 Å². The second-order valence-electron chi connectivity index (χ2n) is 5.64. The van der Waals surface area contributed by atoms with Crippen LogP contribution in [-0.2, 0) is 9.59 Å². The molecule has 0 unspecified atom stereocenters. The minimum atomic E-state index is -3.24. The molecule has 0 heterocycles.